The van der Waals surface area contributed by atoms with Gasteiger partial charge in [0.25, 0.3) is 0 Å². The number of fused-ring (bicyclic) bond motifs is 2. The van der Waals surface area contributed by atoms with Gasteiger partial charge in [0.15, 0.2) is 11.5 Å². The molecule has 1 saturated heterocycles. The van der Waals surface area contributed by atoms with E-state index in [2.05, 4.69) is 27.1 Å². The molecule has 3 aromatic rings. The molecule has 4 heterocycles. The Morgan fingerprint density at radius 3 is 2.49 bits per heavy atom. The van der Waals surface area contributed by atoms with Crippen molar-refractivity contribution in [1.82, 2.24) is 9.88 Å². The van der Waals surface area contributed by atoms with Crippen LogP contribution in [0, 0.1) is 0 Å². The smallest absolute Gasteiger partial charge is 0.395 e. The van der Waals surface area contributed by atoms with Crippen molar-refractivity contribution in [2.24, 2.45) is 4.99 Å². The van der Waals surface area contributed by atoms with Crippen LogP contribution in [0.25, 0.3) is 0 Å². The van der Waals surface area contributed by atoms with E-state index in [1.807, 2.05) is 36.4 Å². The first kappa shape index (κ1) is 23.9. The Kier molecular flexibility index (Phi) is 5.92. The summed E-state index contributed by atoms with van der Waals surface area (Å²) in [5, 5.41) is 4.34. The van der Waals surface area contributed by atoms with Crippen LogP contribution in [-0.2, 0) is 13.1 Å². The Hall–Kier alpha value is -3.43. The van der Waals surface area contributed by atoms with Gasteiger partial charge >= 0.3 is 6.29 Å². The maximum atomic E-state index is 14.0. The predicted molar refractivity (Wildman–Crippen MR) is 139 cm³/mol. The molecule has 3 aliphatic heterocycles. The molecule has 0 unspecified atom stereocenters. The van der Waals surface area contributed by atoms with Crippen LogP contribution < -0.4 is 19.7 Å². The lowest BCUT2D eigenvalue weighted by molar-refractivity contribution is -0.286. The Labute approximate surface area is 218 Å². The first-order chi connectivity index (χ1) is 17.8. The number of benzene rings is 2. The Balaban J connectivity index is 1.48. The number of halogens is 3. The number of likely N-dealkylation sites (tertiary alicyclic amines) is 1. The van der Waals surface area contributed by atoms with Crippen LogP contribution in [0.4, 0.5) is 20.2 Å². The summed E-state index contributed by atoms with van der Waals surface area (Å²) in [7, 11) is 2.10. The van der Waals surface area contributed by atoms with E-state index < -0.39 is 11.8 Å². The van der Waals surface area contributed by atoms with Gasteiger partial charge in [0, 0.05) is 49.2 Å². The third kappa shape index (κ3) is 4.69. The van der Waals surface area contributed by atoms with Gasteiger partial charge in [0.1, 0.15) is 5.84 Å². The molecule has 1 fully saturated rings. The van der Waals surface area contributed by atoms with Gasteiger partial charge in [-0.3, -0.25) is 9.98 Å². The molecule has 1 aromatic heterocycles. The lowest BCUT2D eigenvalue weighted by Crippen LogP contribution is -2.61. The Bertz CT molecular complexity index is 1350. The molecule has 0 bridgehead atoms. The molecule has 192 valence electrons. The second kappa shape index (κ2) is 9.15. The predicted octanol–water partition coefficient (Wildman–Crippen LogP) is 5.55. The van der Waals surface area contributed by atoms with E-state index in [-0.39, 0.29) is 11.5 Å². The molecule has 0 saturated carbocycles. The molecule has 0 aliphatic carbocycles. The van der Waals surface area contributed by atoms with Gasteiger partial charge in [-0.05, 0) is 55.3 Å². The molecule has 3 aliphatic rings. The molecule has 1 N–H and O–H groups in total. The summed E-state index contributed by atoms with van der Waals surface area (Å²) < 4.78 is 37.5. The van der Waals surface area contributed by atoms with Crippen molar-refractivity contribution in [2.45, 2.75) is 37.8 Å². The lowest BCUT2D eigenvalue weighted by atomic mass is 9.82. The number of pyridine rings is 1. The zero-order valence-electron chi connectivity index (χ0n) is 20.3. The van der Waals surface area contributed by atoms with Gasteiger partial charge in [-0.15, -0.1) is 8.78 Å². The maximum Gasteiger partial charge on any atom is 0.586 e. The fourth-order valence-corrected chi connectivity index (χ4v) is 5.43. The van der Waals surface area contributed by atoms with Gasteiger partial charge in [-0.25, -0.2) is 0 Å². The molecular formula is C27H26ClF2N5O2. The van der Waals surface area contributed by atoms with Gasteiger partial charge in [-0.1, -0.05) is 23.7 Å². The number of aliphatic imine (C=N–C) groups is 1. The third-order valence-electron chi connectivity index (χ3n) is 7.10. The topological polar surface area (TPSA) is 62.2 Å². The van der Waals surface area contributed by atoms with E-state index >= 15 is 0 Å². The quantitative estimate of drug-likeness (QED) is 0.482. The van der Waals surface area contributed by atoms with E-state index in [1.54, 1.807) is 24.5 Å². The summed E-state index contributed by atoms with van der Waals surface area (Å²) in [5.41, 5.74) is 2.93. The Morgan fingerprint density at radius 2 is 1.76 bits per heavy atom. The molecule has 37 heavy (non-hydrogen) atoms. The zero-order valence-corrected chi connectivity index (χ0v) is 21.0. The molecule has 0 atom stereocenters. The van der Waals surface area contributed by atoms with Crippen molar-refractivity contribution in [3.63, 3.8) is 0 Å². The number of hydrogen-bond acceptors (Lipinski definition) is 6. The van der Waals surface area contributed by atoms with Gasteiger partial charge in [0.2, 0.25) is 0 Å². The summed E-state index contributed by atoms with van der Waals surface area (Å²) >= 11 is 6.24. The summed E-state index contributed by atoms with van der Waals surface area (Å²) in [6.45, 7) is 2.65. The largest absolute Gasteiger partial charge is 0.586 e. The van der Waals surface area contributed by atoms with Crippen molar-refractivity contribution in [2.75, 3.05) is 30.4 Å². The Morgan fingerprint density at radius 1 is 1.03 bits per heavy atom. The number of nitrogens with zero attached hydrogens (tertiary/aromatic N) is 4. The van der Waals surface area contributed by atoms with Crippen molar-refractivity contribution >= 4 is 28.8 Å². The van der Waals surface area contributed by atoms with Crippen molar-refractivity contribution in [3.8, 4) is 11.5 Å². The minimum absolute atomic E-state index is 0.00111. The number of hydrogen-bond donors (Lipinski definition) is 1. The number of alkyl halides is 2. The minimum atomic E-state index is -3.70. The number of anilines is 2. The number of rotatable bonds is 4. The zero-order chi connectivity index (χ0) is 25.6. The van der Waals surface area contributed by atoms with Crippen LogP contribution in [-0.4, -0.2) is 47.7 Å². The summed E-state index contributed by atoms with van der Waals surface area (Å²) in [6, 6.07) is 14.8. The average Bonchev–Trinajstić information content (AvgIpc) is 3.17. The fourth-order valence-electron chi connectivity index (χ4n) is 5.21. The van der Waals surface area contributed by atoms with Crippen LogP contribution in [0.15, 0.2) is 65.9 Å². The van der Waals surface area contributed by atoms with E-state index in [0.29, 0.717) is 29.5 Å². The summed E-state index contributed by atoms with van der Waals surface area (Å²) in [4.78, 5) is 13.7. The van der Waals surface area contributed by atoms with Crippen LogP contribution in [0.5, 0.6) is 11.5 Å². The molecule has 0 radical (unpaired) electrons. The number of nitrogens with one attached hydrogen (secondary N) is 1. The number of ether oxygens (including phenoxy) is 2. The highest BCUT2D eigenvalue weighted by Gasteiger charge is 2.48. The number of piperidine rings is 1. The molecule has 2 aromatic carbocycles. The van der Waals surface area contributed by atoms with Crippen molar-refractivity contribution < 1.29 is 18.3 Å². The van der Waals surface area contributed by atoms with Crippen LogP contribution >= 0.6 is 11.6 Å². The highest BCUT2D eigenvalue weighted by molar-refractivity contribution is 6.30. The highest BCUT2D eigenvalue weighted by Crippen LogP contribution is 2.50. The van der Waals surface area contributed by atoms with E-state index in [9.17, 15) is 8.78 Å². The highest BCUT2D eigenvalue weighted by atomic mass is 35.5. The summed E-state index contributed by atoms with van der Waals surface area (Å²) in [6.07, 6.45) is 1.39. The molecular weight excluding hydrogens is 500 g/mol. The van der Waals surface area contributed by atoms with Gasteiger partial charge in [-0.2, -0.15) is 0 Å². The third-order valence-corrected chi connectivity index (χ3v) is 7.33. The van der Waals surface area contributed by atoms with Crippen LogP contribution in [0.3, 0.4) is 0 Å². The molecule has 6 rings (SSSR count). The molecule has 10 heteroatoms. The van der Waals surface area contributed by atoms with Gasteiger partial charge < -0.3 is 24.6 Å². The normalized spacial score (nSPS) is 20.6. The fraction of sp³-hybridized carbons (Fsp3) is 0.333. The second-order valence-electron chi connectivity index (χ2n) is 9.71. The van der Waals surface area contributed by atoms with Crippen molar-refractivity contribution in [1.29, 1.82) is 0 Å². The minimum Gasteiger partial charge on any atom is -0.395 e. The van der Waals surface area contributed by atoms with Crippen molar-refractivity contribution in [3.05, 3.63) is 77.1 Å². The van der Waals surface area contributed by atoms with Crippen LogP contribution in [0.1, 0.15) is 24.0 Å². The number of aromatic nitrogens is 1. The van der Waals surface area contributed by atoms with E-state index in [0.717, 1.165) is 42.9 Å². The average molecular weight is 526 g/mol. The molecule has 7 nitrogen and oxygen atoms in total. The first-order valence-corrected chi connectivity index (χ1v) is 12.5. The second-order valence-corrected chi connectivity index (χ2v) is 10.1. The molecule has 0 amide bonds. The van der Waals surface area contributed by atoms with E-state index in [4.69, 9.17) is 26.1 Å². The first-order valence-electron chi connectivity index (χ1n) is 12.2. The van der Waals surface area contributed by atoms with E-state index in [1.165, 1.54) is 0 Å². The lowest BCUT2D eigenvalue weighted by Gasteiger charge is -2.50. The van der Waals surface area contributed by atoms with Crippen LogP contribution in [0.2, 0.25) is 5.02 Å². The maximum absolute atomic E-state index is 14.0. The molecule has 1 spiro atoms. The number of amidine groups is 1. The van der Waals surface area contributed by atoms with Gasteiger partial charge in [0.05, 0.1) is 23.5 Å². The standard InChI is InChI=1S/C27H26ClF2N5O2/c1-34-11-7-26(8-12-34)25(32-16-19-3-2-4-20(28)13-19)35(17-18-5-9-31-10-6-18)22-15-24-23(14-21(22)33-26)36-27(29,30)37-24/h2-6,9-10,13-15,33H,7-8,11-12,16-17H2,1H3/b32-25+. The SMILES string of the molecule is CN1CCC2(CC1)Nc1cc3c(cc1N(Cc1ccncc1)/C2=N/Cc1cccc(Cl)c1)OC(F)(F)O3. The summed E-state index contributed by atoms with van der Waals surface area (Å²) in [5.74, 6) is 0.872. The monoisotopic (exact) mass is 525 g/mol.